The number of hydrogen-bond donors (Lipinski definition) is 0. The topological polar surface area (TPSA) is 92.1 Å². The van der Waals surface area contributed by atoms with Crippen LogP contribution in [0.15, 0.2) is 83.8 Å². The number of sulfone groups is 1. The Hall–Kier alpha value is -3.42. The Labute approximate surface area is 190 Å². The van der Waals surface area contributed by atoms with Crippen LogP contribution in [0.3, 0.4) is 0 Å². The van der Waals surface area contributed by atoms with Gasteiger partial charge in [0, 0.05) is 22.4 Å². The lowest BCUT2D eigenvalue weighted by molar-refractivity contribution is -0.255. The average molecular weight is 466 g/mol. The number of carboxylic acid groups (broad SMARTS) is 1. The molecule has 0 aliphatic carbocycles. The normalized spacial score (nSPS) is 11.4. The van der Waals surface area contributed by atoms with Gasteiger partial charge in [-0.1, -0.05) is 66.2 Å². The molecular formula is C24H18ClN2O4S-. The molecule has 4 rings (SSSR count). The monoisotopic (exact) mass is 465 g/mol. The van der Waals surface area contributed by atoms with Crippen LogP contribution in [-0.4, -0.2) is 30.4 Å². The molecule has 162 valence electrons. The molecule has 3 aromatic carbocycles. The molecular weight excluding hydrogens is 448 g/mol. The Bertz CT molecular complexity index is 1380. The first-order valence-electron chi connectivity index (χ1n) is 9.66. The van der Waals surface area contributed by atoms with Gasteiger partial charge >= 0.3 is 0 Å². The molecule has 4 aromatic rings. The highest BCUT2D eigenvalue weighted by Gasteiger charge is 2.22. The third kappa shape index (κ3) is 4.44. The third-order valence-corrected chi connectivity index (χ3v) is 6.39. The van der Waals surface area contributed by atoms with E-state index in [1.807, 2.05) is 30.3 Å². The maximum atomic E-state index is 12.2. The predicted molar refractivity (Wildman–Crippen MR) is 121 cm³/mol. The van der Waals surface area contributed by atoms with Crippen LogP contribution in [0.1, 0.15) is 16.1 Å². The molecule has 0 N–H and O–H groups in total. The smallest absolute Gasteiger partial charge is 0.175 e. The summed E-state index contributed by atoms with van der Waals surface area (Å²) in [4.78, 5) is 12.4. The first kappa shape index (κ1) is 21.8. The number of nitrogens with zero attached hydrogens (tertiary/aromatic N) is 2. The molecule has 1 heterocycles. The number of aromatic nitrogens is 2. The molecule has 0 atom stereocenters. The second kappa shape index (κ2) is 8.61. The molecule has 0 saturated heterocycles. The minimum absolute atomic E-state index is 0.0710. The molecule has 32 heavy (non-hydrogen) atoms. The van der Waals surface area contributed by atoms with Gasteiger partial charge in [-0.3, -0.25) is 4.68 Å². The average Bonchev–Trinajstić information content (AvgIpc) is 3.14. The Morgan fingerprint density at radius 2 is 1.53 bits per heavy atom. The van der Waals surface area contributed by atoms with Crippen LogP contribution in [0.2, 0.25) is 5.02 Å². The molecule has 0 radical (unpaired) electrons. The van der Waals surface area contributed by atoms with E-state index in [0.29, 0.717) is 27.4 Å². The molecule has 6 nitrogen and oxygen atoms in total. The number of hydrogen-bond acceptors (Lipinski definition) is 5. The molecule has 0 amide bonds. The molecule has 1 aromatic heterocycles. The number of carbonyl (C=O) groups is 1. The van der Waals surface area contributed by atoms with Crippen molar-refractivity contribution in [3.63, 3.8) is 0 Å². The van der Waals surface area contributed by atoms with E-state index >= 15 is 0 Å². The quantitative estimate of drug-likeness (QED) is 0.433. The number of carbonyl (C=O) groups excluding carboxylic acids is 1. The zero-order valence-corrected chi connectivity index (χ0v) is 18.6. The van der Waals surface area contributed by atoms with Crippen LogP contribution in [0.4, 0.5) is 0 Å². The fourth-order valence-electron chi connectivity index (χ4n) is 3.49. The fourth-order valence-corrected chi connectivity index (χ4v) is 4.25. The Balaban J connectivity index is 1.94. The molecule has 0 saturated carbocycles. The number of rotatable bonds is 6. The van der Waals surface area contributed by atoms with Gasteiger partial charge in [-0.2, -0.15) is 5.10 Å². The van der Waals surface area contributed by atoms with E-state index in [-0.39, 0.29) is 17.1 Å². The largest absolute Gasteiger partial charge is 0.543 e. The summed E-state index contributed by atoms with van der Waals surface area (Å²) in [7, 11) is -3.37. The van der Waals surface area contributed by atoms with Crippen molar-refractivity contribution in [2.45, 2.75) is 11.4 Å². The van der Waals surface area contributed by atoms with Gasteiger partial charge in [0.15, 0.2) is 9.84 Å². The molecule has 0 fully saturated rings. The number of benzene rings is 3. The van der Waals surface area contributed by atoms with Crippen LogP contribution < -0.4 is 5.11 Å². The molecule has 0 spiro atoms. The van der Waals surface area contributed by atoms with E-state index < -0.39 is 15.8 Å². The first-order chi connectivity index (χ1) is 15.2. The standard InChI is InChI=1S/C24H19ClN2O4S/c1-32(30,31)20-13-9-18(10-14-20)22-21(17-7-11-19(25)12-8-17)23(24(28)29)27(26-22)15-16-5-3-2-4-6-16/h2-14H,15H2,1H3,(H,28,29)/p-1. The number of aromatic carboxylic acids is 1. The summed E-state index contributed by atoms with van der Waals surface area (Å²) in [6.45, 7) is 0.228. The number of halogens is 1. The van der Waals surface area contributed by atoms with E-state index in [2.05, 4.69) is 5.10 Å². The second-order valence-corrected chi connectivity index (χ2v) is 9.76. The van der Waals surface area contributed by atoms with Gasteiger partial charge in [0.05, 0.1) is 23.1 Å². The van der Waals surface area contributed by atoms with E-state index in [1.165, 1.54) is 16.8 Å². The highest BCUT2D eigenvalue weighted by molar-refractivity contribution is 7.90. The van der Waals surface area contributed by atoms with Crippen LogP contribution in [0.5, 0.6) is 0 Å². The zero-order valence-electron chi connectivity index (χ0n) is 17.0. The summed E-state index contributed by atoms with van der Waals surface area (Å²) >= 11 is 6.02. The van der Waals surface area contributed by atoms with Gasteiger partial charge in [0.2, 0.25) is 0 Å². The molecule has 0 aliphatic heterocycles. The van der Waals surface area contributed by atoms with Gasteiger partial charge in [-0.05, 0) is 35.4 Å². The summed E-state index contributed by atoms with van der Waals surface area (Å²) < 4.78 is 25.1. The molecule has 0 unspecified atom stereocenters. The van der Waals surface area contributed by atoms with Gasteiger partial charge in [0.25, 0.3) is 0 Å². The van der Waals surface area contributed by atoms with Crippen molar-refractivity contribution in [1.29, 1.82) is 0 Å². The van der Waals surface area contributed by atoms with Crippen molar-refractivity contribution in [2.75, 3.05) is 6.26 Å². The van der Waals surface area contributed by atoms with Crippen molar-refractivity contribution in [3.05, 3.63) is 95.1 Å². The van der Waals surface area contributed by atoms with E-state index in [9.17, 15) is 18.3 Å². The summed E-state index contributed by atoms with van der Waals surface area (Å²) in [6, 6.07) is 22.3. The Morgan fingerprint density at radius 3 is 2.09 bits per heavy atom. The highest BCUT2D eigenvalue weighted by atomic mass is 35.5. The van der Waals surface area contributed by atoms with Gasteiger partial charge in [-0.15, -0.1) is 0 Å². The first-order valence-corrected chi connectivity index (χ1v) is 11.9. The molecule has 0 aliphatic rings. The third-order valence-electron chi connectivity index (χ3n) is 5.01. The summed E-state index contributed by atoms with van der Waals surface area (Å²) in [5.41, 5.74) is 2.77. The van der Waals surface area contributed by atoms with Crippen molar-refractivity contribution < 1.29 is 18.3 Å². The van der Waals surface area contributed by atoms with Gasteiger partial charge in [-0.25, -0.2) is 8.42 Å². The van der Waals surface area contributed by atoms with Crippen LogP contribution in [0, 0.1) is 0 Å². The molecule has 0 bridgehead atoms. The van der Waals surface area contributed by atoms with Crippen molar-refractivity contribution in [2.24, 2.45) is 0 Å². The minimum atomic E-state index is -3.37. The van der Waals surface area contributed by atoms with Crippen molar-refractivity contribution in [3.8, 4) is 22.4 Å². The lowest BCUT2D eigenvalue weighted by Crippen LogP contribution is -2.27. The van der Waals surface area contributed by atoms with E-state index in [0.717, 1.165) is 11.8 Å². The SMILES string of the molecule is CS(=O)(=O)c1ccc(-c2nn(Cc3ccccc3)c(C(=O)[O-])c2-c2ccc(Cl)cc2)cc1. The maximum absolute atomic E-state index is 12.2. The summed E-state index contributed by atoms with van der Waals surface area (Å²) in [6.07, 6.45) is 1.13. The predicted octanol–water partition coefficient (Wildman–Crippen LogP) is 3.69. The Kier molecular flexibility index (Phi) is 5.86. The van der Waals surface area contributed by atoms with E-state index in [4.69, 9.17) is 11.6 Å². The van der Waals surface area contributed by atoms with Gasteiger partial charge in [0.1, 0.15) is 5.69 Å². The zero-order chi connectivity index (χ0) is 22.9. The number of carboxylic acids is 1. The van der Waals surface area contributed by atoms with Crippen LogP contribution in [-0.2, 0) is 16.4 Å². The van der Waals surface area contributed by atoms with Crippen LogP contribution in [0.25, 0.3) is 22.4 Å². The fraction of sp³-hybridized carbons (Fsp3) is 0.0833. The van der Waals surface area contributed by atoms with Crippen molar-refractivity contribution >= 4 is 27.4 Å². The maximum Gasteiger partial charge on any atom is 0.175 e. The lowest BCUT2D eigenvalue weighted by atomic mass is 9.99. The van der Waals surface area contributed by atoms with Gasteiger partial charge < -0.3 is 9.90 Å². The van der Waals surface area contributed by atoms with Crippen molar-refractivity contribution in [1.82, 2.24) is 9.78 Å². The lowest BCUT2D eigenvalue weighted by Gasteiger charge is -2.11. The summed E-state index contributed by atoms with van der Waals surface area (Å²) in [5, 5.41) is 17.3. The minimum Gasteiger partial charge on any atom is -0.543 e. The summed E-state index contributed by atoms with van der Waals surface area (Å²) in [5.74, 6) is -1.36. The highest BCUT2D eigenvalue weighted by Crippen LogP contribution is 2.35. The Morgan fingerprint density at radius 1 is 0.938 bits per heavy atom. The molecule has 8 heteroatoms. The van der Waals surface area contributed by atoms with Crippen LogP contribution >= 0.6 is 11.6 Å². The van der Waals surface area contributed by atoms with E-state index in [1.54, 1.807) is 36.4 Å². The second-order valence-electron chi connectivity index (χ2n) is 7.31.